The molecule has 0 radical (unpaired) electrons. The lowest BCUT2D eigenvalue weighted by atomic mass is 10.2. The summed E-state index contributed by atoms with van der Waals surface area (Å²) >= 11 is 1.31. The smallest absolute Gasteiger partial charge is 0.387 e. The first-order valence-electron chi connectivity index (χ1n) is 5.57. The summed E-state index contributed by atoms with van der Waals surface area (Å²) in [6.45, 7) is -2.85. The molecule has 0 unspecified atom stereocenters. The SMILES string of the molecule is O=C(N/N=C\c1ccc(OC(F)F)cc1)c1cccs1. The van der Waals surface area contributed by atoms with Gasteiger partial charge in [-0.15, -0.1) is 11.3 Å². The van der Waals surface area contributed by atoms with Gasteiger partial charge in [-0.1, -0.05) is 6.07 Å². The van der Waals surface area contributed by atoms with Crippen molar-refractivity contribution in [2.24, 2.45) is 5.10 Å². The fraction of sp³-hybridized carbons (Fsp3) is 0.0769. The number of benzene rings is 1. The van der Waals surface area contributed by atoms with Crippen LogP contribution in [-0.4, -0.2) is 18.7 Å². The highest BCUT2D eigenvalue weighted by molar-refractivity contribution is 7.12. The molecule has 104 valence electrons. The van der Waals surface area contributed by atoms with Crippen molar-refractivity contribution in [1.82, 2.24) is 5.43 Å². The molecule has 0 saturated carbocycles. The third-order valence-corrected chi connectivity index (χ3v) is 3.10. The zero-order valence-corrected chi connectivity index (χ0v) is 10.9. The Bertz CT molecular complexity index is 583. The van der Waals surface area contributed by atoms with E-state index >= 15 is 0 Å². The lowest BCUT2D eigenvalue weighted by Gasteiger charge is -2.03. The molecule has 0 aliphatic carbocycles. The van der Waals surface area contributed by atoms with Crippen LogP contribution in [0, 0.1) is 0 Å². The molecule has 2 aromatic rings. The lowest BCUT2D eigenvalue weighted by Crippen LogP contribution is -2.16. The molecule has 20 heavy (non-hydrogen) atoms. The molecule has 7 heteroatoms. The maximum absolute atomic E-state index is 12.0. The van der Waals surface area contributed by atoms with E-state index in [0.29, 0.717) is 10.4 Å². The Balaban J connectivity index is 1.89. The first kappa shape index (κ1) is 14.1. The number of hydrogen-bond acceptors (Lipinski definition) is 4. The Morgan fingerprint density at radius 3 is 2.65 bits per heavy atom. The standard InChI is InChI=1S/C13H10F2N2O2S/c14-13(15)19-10-5-3-9(4-6-10)8-16-17-12(18)11-2-1-7-20-11/h1-8,13H,(H,17,18)/b16-8-. The number of carbonyl (C=O) groups is 1. The van der Waals surface area contributed by atoms with Crippen molar-refractivity contribution < 1.29 is 18.3 Å². The minimum Gasteiger partial charge on any atom is -0.435 e. The van der Waals surface area contributed by atoms with E-state index in [1.165, 1.54) is 29.7 Å². The second kappa shape index (κ2) is 6.76. The summed E-state index contributed by atoms with van der Waals surface area (Å²) in [5, 5.41) is 5.57. The van der Waals surface area contributed by atoms with E-state index in [4.69, 9.17) is 0 Å². The quantitative estimate of drug-likeness (QED) is 0.681. The van der Waals surface area contributed by atoms with E-state index in [-0.39, 0.29) is 11.7 Å². The molecule has 1 N–H and O–H groups in total. The molecule has 0 spiro atoms. The molecule has 1 aromatic heterocycles. The molecular weight excluding hydrogens is 286 g/mol. The van der Waals surface area contributed by atoms with E-state index in [2.05, 4.69) is 15.3 Å². The minimum atomic E-state index is -2.85. The second-order valence-electron chi connectivity index (χ2n) is 3.62. The highest BCUT2D eigenvalue weighted by Gasteiger charge is 2.04. The Morgan fingerprint density at radius 2 is 2.05 bits per heavy atom. The number of ether oxygens (including phenoxy) is 1. The Morgan fingerprint density at radius 1 is 1.30 bits per heavy atom. The Labute approximate surface area is 117 Å². The zero-order chi connectivity index (χ0) is 14.4. The molecule has 0 atom stereocenters. The van der Waals surface area contributed by atoms with E-state index in [1.54, 1.807) is 29.6 Å². The third kappa shape index (κ3) is 4.13. The van der Waals surface area contributed by atoms with Gasteiger partial charge >= 0.3 is 6.61 Å². The number of hydrogen-bond donors (Lipinski definition) is 1. The molecule has 2 rings (SSSR count). The predicted octanol–water partition coefficient (Wildman–Crippen LogP) is 3.11. The van der Waals surface area contributed by atoms with Crippen molar-refractivity contribution in [3.63, 3.8) is 0 Å². The fourth-order valence-corrected chi connectivity index (χ4v) is 1.98. The van der Waals surface area contributed by atoms with Gasteiger partial charge in [-0.05, 0) is 41.3 Å². The summed E-state index contributed by atoms with van der Waals surface area (Å²) in [5.41, 5.74) is 3.02. The molecule has 1 amide bonds. The molecule has 0 bridgehead atoms. The molecule has 4 nitrogen and oxygen atoms in total. The zero-order valence-electron chi connectivity index (χ0n) is 10.1. The molecule has 0 aliphatic rings. The van der Waals surface area contributed by atoms with Crippen LogP contribution in [0.4, 0.5) is 8.78 Å². The number of thiophene rings is 1. The van der Waals surface area contributed by atoms with Gasteiger partial charge in [0.15, 0.2) is 0 Å². The van der Waals surface area contributed by atoms with Gasteiger partial charge < -0.3 is 4.74 Å². The fourth-order valence-electron chi connectivity index (χ4n) is 1.36. The van der Waals surface area contributed by atoms with Crippen molar-refractivity contribution in [1.29, 1.82) is 0 Å². The van der Waals surface area contributed by atoms with Crippen LogP contribution < -0.4 is 10.2 Å². The number of carbonyl (C=O) groups excluding carboxylic acids is 1. The van der Waals surface area contributed by atoms with Crippen LogP contribution in [-0.2, 0) is 0 Å². The second-order valence-corrected chi connectivity index (χ2v) is 4.57. The third-order valence-electron chi connectivity index (χ3n) is 2.23. The number of nitrogens with one attached hydrogen (secondary N) is 1. The monoisotopic (exact) mass is 296 g/mol. The van der Waals surface area contributed by atoms with Crippen molar-refractivity contribution in [3.8, 4) is 5.75 Å². The van der Waals surface area contributed by atoms with E-state index in [9.17, 15) is 13.6 Å². The Hall–Kier alpha value is -2.28. The summed E-state index contributed by atoms with van der Waals surface area (Å²) in [7, 11) is 0. The largest absolute Gasteiger partial charge is 0.435 e. The van der Waals surface area contributed by atoms with Gasteiger partial charge in [-0.2, -0.15) is 13.9 Å². The molecular formula is C13H10F2N2O2S. The minimum absolute atomic E-state index is 0.0692. The van der Waals surface area contributed by atoms with E-state index in [0.717, 1.165) is 0 Å². The van der Waals surface area contributed by atoms with Crippen molar-refractivity contribution in [2.75, 3.05) is 0 Å². The van der Waals surface area contributed by atoms with Crippen molar-refractivity contribution in [3.05, 3.63) is 52.2 Å². The van der Waals surface area contributed by atoms with Gasteiger partial charge in [-0.3, -0.25) is 4.79 Å². The lowest BCUT2D eigenvalue weighted by molar-refractivity contribution is -0.0498. The first-order valence-corrected chi connectivity index (χ1v) is 6.45. The summed E-state index contributed by atoms with van der Waals surface area (Å²) in [6.07, 6.45) is 1.41. The average molecular weight is 296 g/mol. The van der Waals surface area contributed by atoms with Crippen LogP contribution in [0.3, 0.4) is 0 Å². The summed E-state index contributed by atoms with van der Waals surface area (Å²) < 4.78 is 28.1. The summed E-state index contributed by atoms with van der Waals surface area (Å²) in [6, 6.07) is 9.36. The van der Waals surface area contributed by atoms with Crippen LogP contribution in [0.25, 0.3) is 0 Å². The number of halogens is 2. The van der Waals surface area contributed by atoms with Crippen LogP contribution in [0.5, 0.6) is 5.75 Å². The number of hydrazone groups is 1. The topological polar surface area (TPSA) is 50.7 Å². The Kier molecular flexibility index (Phi) is 4.78. The molecule has 1 aromatic carbocycles. The number of amides is 1. The highest BCUT2D eigenvalue weighted by atomic mass is 32.1. The van der Waals surface area contributed by atoms with Gasteiger partial charge in [0.05, 0.1) is 11.1 Å². The van der Waals surface area contributed by atoms with E-state index in [1.807, 2.05) is 0 Å². The maximum atomic E-state index is 12.0. The summed E-state index contributed by atoms with van der Waals surface area (Å²) in [4.78, 5) is 12.1. The highest BCUT2D eigenvalue weighted by Crippen LogP contribution is 2.14. The molecule has 0 saturated heterocycles. The average Bonchev–Trinajstić information content (AvgIpc) is 2.94. The van der Waals surface area contributed by atoms with Gasteiger partial charge in [0.2, 0.25) is 0 Å². The molecule has 0 aliphatic heterocycles. The van der Waals surface area contributed by atoms with Gasteiger partial charge in [-0.25, -0.2) is 5.43 Å². The normalized spacial score (nSPS) is 10.9. The number of alkyl halides is 2. The van der Waals surface area contributed by atoms with Gasteiger partial charge in [0, 0.05) is 0 Å². The number of rotatable bonds is 5. The van der Waals surface area contributed by atoms with Gasteiger partial charge in [0.1, 0.15) is 5.75 Å². The maximum Gasteiger partial charge on any atom is 0.387 e. The van der Waals surface area contributed by atoms with Crippen LogP contribution in [0.1, 0.15) is 15.2 Å². The van der Waals surface area contributed by atoms with Gasteiger partial charge in [0.25, 0.3) is 5.91 Å². The summed E-state index contributed by atoms with van der Waals surface area (Å²) in [5.74, 6) is -0.228. The van der Waals surface area contributed by atoms with Crippen molar-refractivity contribution in [2.45, 2.75) is 6.61 Å². The van der Waals surface area contributed by atoms with Crippen LogP contribution in [0.2, 0.25) is 0 Å². The molecule has 0 fully saturated rings. The predicted molar refractivity (Wildman–Crippen MR) is 72.5 cm³/mol. The first-order chi connectivity index (χ1) is 9.65. The van der Waals surface area contributed by atoms with Crippen LogP contribution in [0.15, 0.2) is 46.9 Å². The molecule has 1 heterocycles. The van der Waals surface area contributed by atoms with Crippen molar-refractivity contribution >= 4 is 23.5 Å². The van der Waals surface area contributed by atoms with Crippen LogP contribution >= 0.6 is 11.3 Å². The number of nitrogens with zero attached hydrogens (tertiary/aromatic N) is 1. The van der Waals surface area contributed by atoms with E-state index < -0.39 is 6.61 Å².